The highest BCUT2D eigenvalue weighted by Crippen LogP contribution is 2.36. The molecule has 86 valence electrons. The van der Waals surface area contributed by atoms with Crippen molar-refractivity contribution in [2.24, 2.45) is 0 Å². The molecule has 2 aromatic rings. The Morgan fingerprint density at radius 3 is 2.71 bits per heavy atom. The van der Waals surface area contributed by atoms with Gasteiger partial charge in [-0.05, 0) is 36.1 Å². The second-order valence-corrected chi connectivity index (χ2v) is 4.53. The van der Waals surface area contributed by atoms with Gasteiger partial charge in [0.25, 0.3) is 0 Å². The molecule has 0 saturated heterocycles. The van der Waals surface area contributed by atoms with Gasteiger partial charge in [-0.15, -0.1) is 0 Å². The molecule has 1 atom stereocenters. The van der Waals surface area contributed by atoms with Crippen molar-refractivity contribution in [3.8, 4) is 0 Å². The Bertz CT molecular complexity index is 563. The molecule has 2 aromatic carbocycles. The zero-order chi connectivity index (χ0) is 11.8. The number of fused-ring (bicyclic) bond motifs is 1. The van der Waals surface area contributed by atoms with Crippen molar-refractivity contribution in [3.05, 3.63) is 65.0 Å². The van der Waals surface area contributed by atoms with E-state index in [0.717, 1.165) is 12.0 Å². The third-order valence-electron chi connectivity index (χ3n) is 3.41. The number of aryl methyl sites for hydroxylation is 1. The van der Waals surface area contributed by atoms with Gasteiger partial charge in [-0.3, -0.25) is 0 Å². The molecule has 2 heteroatoms. The zero-order valence-electron chi connectivity index (χ0n) is 9.70. The Labute approximate surface area is 100 Å². The van der Waals surface area contributed by atoms with Crippen molar-refractivity contribution >= 4 is 5.69 Å². The smallest absolute Gasteiger partial charge is 0.146 e. The summed E-state index contributed by atoms with van der Waals surface area (Å²) >= 11 is 0. The summed E-state index contributed by atoms with van der Waals surface area (Å²) in [6.07, 6.45) is 0.859. The van der Waals surface area contributed by atoms with E-state index in [-0.39, 0.29) is 11.9 Å². The van der Waals surface area contributed by atoms with Crippen molar-refractivity contribution in [1.29, 1.82) is 0 Å². The molecule has 17 heavy (non-hydrogen) atoms. The lowest BCUT2D eigenvalue weighted by atomic mass is 9.99. The predicted molar refractivity (Wildman–Crippen MR) is 67.6 cm³/mol. The second kappa shape index (κ2) is 3.88. The first-order valence-electron chi connectivity index (χ1n) is 5.85. The number of halogens is 1. The third-order valence-corrected chi connectivity index (χ3v) is 3.41. The van der Waals surface area contributed by atoms with Crippen LogP contribution in [0, 0.1) is 12.7 Å². The molecule has 0 spiro atoms. The van der Waals surface area contributed by atoms with E-state index in [0.29, 0.717) is 5.69 Å². The van der Waals surface area contributed by atoms with Crippen LogP contribution >= 0.6 is 0 Å². The zero-order valence-corrected chi connectivity index (χ0v) is 9.70. The van der Waals surface area contributed by atoms with Crippen molar-refractivity contribution in [2.45, 2.75) is 19.4 Å². The Hall–Kier alpha value is -1.83. The van der Waals surface area contributed by atoms with E-state index in [1.54, 1.807) is 6.07 Å². The van der Waals surface area contributed by atoms with E-state index >= 15 is 0 Å². The minimum Gasteiger partial charge on any atom is -0.375 e. The normalized spacial score (nSPS) is 17.6. The number of benzene rings is 2. The predicted octanol–water partition coefficient (Wildman–Crippen LogP) is 3.84. The van der Waals surface area contributed by atoms with Crippen LogP contribution in [0.4, 0.5) is 10.1 Å². The fraction of sp³-hybridized carbons (Fsp3) is 0.200. The third kappa shape index (κ3) is 1.70. The van der Waals surface area contributed by atoms with E-state index < -0.39 is 0 Å². The first-order chi connectivity index (χ1) is 8.25. The van der Waals surface area contributed by atoms with Crippen LogP contribution in [0.3, 0.4) is 0 Å². The number of hydrogen-bond donors (Lipinski definition) is 1. The summed E-state index contributed by atoms with van der Waals surface area (Å²) in [5.41, 5.74) is 4.24. The molecule has 1 aliphatic rings. The fourth-order valence-corrected chi connectivity index (χ4v) is 2.51. The van der Waals surface area contributed by atoms with Crippen LogP contribution in [0.25, 0.3) is 0 Å². The summed E-state index contributed by atoms with van der Waals surface area (Å²) in [4.78, 5) is 0. The molecule has 1 nitrogen and oxygen atoms in total. The van der Waals surface area contributed by atoms with Crippen LogP contribution in [0.5, 0.6) is 0 Å². The van der Waals surface area contributed by atoms with Crippen LogP contribution < -0.4 is 5.32 Å². The average molecular weight is 227 g/mol. The standard InChI is InChI=1S/C15H14FN/c1-10-5-2-3-7-12(10)14-9-11-6-4-8-13(16)15(11)17-14/h2-8,14,17H,9H2,1H3. The van der Waals surface area contributed by atoms with Gasteiger partial charge in [0.1, 0.15) is 5.82 Å². The molecule has 0 fully saturated rings. The maximum atomic E-state index is 13.6. The van der Waals surface area contributed by atoms with Gasteiger partial charge in [-0.1, -0.05) is 36.4 Å². The lowest BCUT2D eigenvalue weighted by Crippen LogP contribution is -2.07. The molecule has 0 aliphatic carbocycles. The van der Waals surface area contributed by atoms with Crippen LogP contribution in [0.15, 0.2) is 42.5 Å². The summed E-state index contributed by atoms with van der Waals surface area (Å²) in [5.74, 6) is -0.154. The van der Waals surface area contributed by atoms with E-state index in [9.17, 15) is 4.39 Å². The lowest BCUT2D eigenvalue weighted by molar-refractivity contribution is 0.630. The minimum atomic E-state index is -0.154. The minimum absolute atomic E-state index is 0.154. The summed E-state index contributed by atoms with van der Waals surface area (Å²) in [5, 5.41) is 3.28. The molecule has 1 heterocycles. The van der Waals surface area contributed by atoms with E-state index in [1.165, 1.54) is 17.2 Å². The Morgan fingerprint density at radius 1 is 1.12 bits per heavy atom. The molecule has 1 aliphatic heterocycles. The molecule has 3 rings (SSSR count). The van der Waals surface area contributed by atoms with Crippen LogP contribution in [-0.2, 0) is 6.42 Å². The molecular weight excluding hydrogens is 213 g/mol. The van der Waals surface area contributed by atoms with Crippen molar-refractivity contribution < 1.29 is 4.39 Å². The topological polar surface area (TPSA) is 12.0 Å². The summed E-state index contributed by atoms with van der Waals surface area (Å²) in [7, 11) is 0. The van der Waals surface area contributed by atoms with Crippen LogP contribution in [0.2, 0.25) is 0 Å². The highest BCUT2D eigenvalue weighted by atomic mass is 19.1. The summed E-state index contributed by atoms with van der Waals surface area (Å²) in [6.45, 7) is 2.09. The van der Waals surface area contributed by atoms with Crippen LogP contribution in [-0.4, -0.2) is 0 Å². The molecule has 0 bridgehead atoms. The largest absolute Gasteiger partial charge is 0.375 e. The monoisotopic (exact) mass is 227 g/mol. The van der Waals surface area contributed by atoms with Gasteiger partial charge < -0.3 is 5.32 Å². The number of hydrogen-bond acceptors (Lipinski definition) is 1. The van der Waals surface area contributed by atoms with E-state index in [2.05, 4.69) is 24.4 Å². The van der Waals surface area contributed by atoms with Gasteiger partial charge in [-0.2, -0.15) is 0 Å². The maximum absolute atomic E-state index is 13.6. The molecule has 0 radical (unpaired) electrons. The molecule has 1 N–H and O–H groups in total. The van der Waals surface area contributed by atoms with Gasteiger partial charge in [-0.25, -0.2) is 4.39 Å². The van der Waals surface area contributed by atoms with Gasteiger partial charge in [0, 0.05) is 0 Å². The molecule has 0 aromatic heterocycles. The highest BCUT2D eigenvalue weighted by Gasteiger charge is 2.24. The second-order valence-electron chi connectivity index (χ2n) is 4.53. The molecule has 1 unspecified atom stereocenters. The van der Waals surface area contributed by atoms with Gasteiger partial charge >= 0.3 is 0 Å². The van der Waals surface area contributed by atoms with Crippen LogP contribution in [0.1, 0.15) is 22.7 Å². The molecule has 0 saturated carbocycles. The number of nitrogens with one attached hydrogen (secondary N) is 1. The van der Waals surface area contributed by atoms with Gasteiger partial charge in [0.05, 0.1) is 11.7 Å². The first kappa shape index (κ1) is 10.3. The fourth-order valence-electron chi connectivity index (χ4n) is 2.51. The Morgan fingerprint density at radius 2 is 1.94 bits per heavy atom. The Kier molecular flexibility index (Phi) is 2.36. The SMILES string of the molecule is Cc1ccccc1C1Cc2cccc(F)c2N1. The summed E-state index contributed by atoms with van der Waals surface area (Å²) in [6, 6.07) is 13.7. The lowest BCUT2D eigenvalue weighted by Gasteiger charge is -2.14. The van der Waals surface area contributed by atoms with E-state index in [4.69, 9.17) is 0 Å². The maximum Gasteiger partial charge on any atom is 0.146 e. The van der Waals surface area contributed by atoms with Gasteiger partial charge in [0.2, 0.25) is 0 Å². The number of para-hydroxylation sites is 1. The van der Waals surface area contributed by atoms with Crippen molar-refractivity contribution in [3.63, 3.8) is 0 Å². The average Bonchev–Trinajstić information content (AvgIpc) is 2.75. The Balaban J connectivity index is 1.97. The summed E-state index contributed by atoms with van der Waals surface area (Å²) < 4.78 is 13.6. The van der Waals surface area contributed by atoms with E-state index in [1.807, 2.05) is 18.2 Å². The first-order valence-corrected chi connectivity index (χ1v) is 5.85. The molecule has 0 amide bonds. The quantitative estimate of drug-likeness (QED) is 0.780. The van der Waals surface area contributed by atoms with Crippen molar-refractivity contribution in [1.82, 2.24) is 0 Å². The molecular formula is C15H14FN. The van der Waals surface area contributed by atoms with Crippen molar-refractivity contribution in [2.75, 3.05) is 5.32 Å². The van der Waals surface area contributed by atoms with Gasteiger partial charge in [0.15, 0.2) is 0 Å². The number of rotatable bonds is 1. The number of anilines is 1. The highest BCUT2D eigenvalue weighted by molar-refractivity contribution is 5.59.